The third-order valence-electron chi connectivity index (χ3n) is 3.32. The van der Waals surface area contributed by atoms with Gasteiger partial charge in [-0.15, -0.1) is 18.3 Å². The summed E-state index contributed by atoms with van der Waals surface area (Å²) in [7, 11) is 0. The van der Waals surface area contributed by atoms with Crippen molar-refractivity contribution in [3.05, 3.63) is 66.2 Å². The first-order valence-corrected chi connectivity index (χ1v) is 7.46. The number of halogens is 3. The number of carbonyl (C=O) groups is 1. The fourth-order valence-electron chi connectivity index (χ4n) is 2.15. The molecule has 2 aromatic carbocycles. The van der Waals surface area contributed by atoms with E-state index in [9.17, 15) is 18.0 Å². The highest BCUT2D eigenvalue weighted by molar-refractivity contribution is 6.01. The minimum absolute atomic E-state index is 0.118. The number of carbonyl (C=O) groups excluding carboxylic acids is 1. The Kier molecular flexibility index (Phi) is 4.61. The van der Waals surface area contributed by atoms with Gasteiger partial charge in [-0.05, 0) is 31.2 Å². The number of rotatable bonds is 4. The maximum Gasteiger partial charge on any atom is 0.573 e. The van der Waals surface area contributed by atoms with Crippen molar-refractivity contribution in [1.29, 1.82) is 0 Å². The van der Waals surface area contributed by atoms with Crippen LogP contribution in [0, 0.1) is 6.92 Å². The van der Waals surface area contributed by atoms with Crippen LogP contribution in [0.1, 0.15) is 16.2 Å². The Hall–Kier alpha value is -3.36. The van der Waals surface area contributed by atoms with Crippen LogP contribution >= 0.6 is 0 Å². The fraction of sp³-hybridized carbons (Fsp3) is 0.118. The van der Waals surface area contributed by atoms with Gasteiger partial charge in [0.1, 0.15) is 12.1 Å². The molecule has 1 heterocycles. The lowest BCUT2D eigenvalue weighted by Gasteiger charge is -2.10. The number of benzene rings is 2. The summed E-state index contributed by atoms with van der Waals surface area (Å²) >= 11 is 0. The maximum atomic E-state index is 12.3. The van der Waals surface area contributed by atoms with Gasteiger partial charge in [0.15, 0.2) is 0 Å². The van der Waals surface area contributed by atoms with Crippen LogP contribution < -0.4 is 10.1 Å². The largest absolute Gasteiger partial charge is 0.573 e. The van der Waals surface area contributed by atoms with E-state index in [1.54, 1.807) is 0 Å². The molecule has 0 aliphatic rings. The van der Waals surface area contributed by atoms with Gasteiger partial charge in [0.05, 0.1) is 5.69 Å². The first-order valence-electron chi connectivity index (χ1n) is 7.46. The summed E-state index contributed by atoms with van der Waals surface area (Å²) in [5, 5.41) is 6.50. The van der Waals surface area contributed by atoms with E-state index >= 15 is 0 Å². The number of nitrogens with one attached hydrogen (secondary N) is 1. The summed E-state index contributed by atoms with van der Waals surface area (Å²) in [6.45, 7) is 1.95. The molecule has 1 aromatic heterocycles. The predicted octanol–water partition coefficient (Wildman–Crippen LogP) is 3.73. The Bertz CT molecular complexity index is 920. The molecule has 6 nitrogen and oxygen atoms in total. The Labute approximate surface area is 146 Å². The number of hydrogen-bond acceptors (Lipinski definition) is 4. The molecule has 3 aromatic rings. The molecule has 0 fully saturated rings. The highest BCUT2D eigenvalue weighted by Crippen LogP contribution is 2.25. The molecule has 0 aliphatic carbocycles. The summed E-state index contributed by atoms with van der Waals surface area (Å²) in [5.41, 5.74) is 1.93. The van der Waals surface area contributed by atoms with Crippen LogP contribution in [-0.2, 0) is 0 Å². The summed E-state index contributed by atoms with van der Waals surface area (Å²) in [4.78, 5) is 16.1. The molecule has 0 unspecified atom stereocenters. The second kappa shape index (κ2) is 6.87. The lowest BCUT2D eigenvalue weighted by molar-refractivity contribution is -0.274. The third-order valence-corrected chi connectivity index (χ3v) is 3.32. The summed E-state index contributed by atoms with van der Waals surface area (Å²) in [6.07, 6.45) is -3.43. The number of alkyl halides is 3. The topological polar surface area (TPSA) is 69.0 Å². The molecule has 0 saturated heterocycles. The van der Waals surface area contributed by atoms with Crippen LogP contribution in [0.2, 0.25) is 0 Å². The molecular formula is C17H13F3N4O2. The van der Waals surface area contributed by atoms with Gasteiger partial charge in [-0.25, -0.2) is 9.67 Å². The van der Waals surface area contributed by atoms with Crippen molar-refractivity contribution in [2.75, 3.05) is 5.32 Å². The lowest BCUT2D eigenvalue weighted by Crippen LogP contribution is -2.18. The molecular weight excluding hydrogens is 349 g/mol. The normalized spacial score (nSPS) is 11.2. The van der Waals surface area contributed by atoms with Crippen LogP contribution in [0.3, 0.4) is 0 Å². The molecule has 0 spiro atoms. The first-order chi connectivity index (χ1) is 12.3. The SMILES string of the molecule is Cc1ccc(-n2cnc(C(=O)Nc3cccc(OC(F)(F)F)c3)n2)cc1. The Balaban J connectivity index is 1.73. The first kappa shape index (κ1) is 17.5. The Morgan fingerprint density at radius 1 is 1.15 bits per heavy atom. The highest BCUT2D eigenvalue weighted by Gasteiger charge is 2.31. The number of amides is 1. The van der Waals surface area contributed by atoms with Crippen LogP contribution in [0.4, 0.5) is 18.9 Å². The van der Waals surface area contributed by atoms with Crippen molar-refractivity contribution in [3.63, 3.8) is 0 Å². The zero-order valence-corrected chi connectivity index (χ0v) is 13.5. The summed E-state index contributed by atoms with van der Waals surface area (Å²) in [5.74, 6) is -1.21. The number of anilines is 1. The van der Waals surface area contributed by atoms with Crippen molar-refractivity contribution in [2.24, 2.45) is 0 Å². The maximum absolute atomic E-state index is 12.3. The zero-order valence-electron chi connectivity index (χ0n) is 13.5. The van der Waals surface area contributed by atoms with Gasteiger partial charge < -0.3 is 10.1 Å². The molecule has 0 bridgehead atoms. The fourth-order valence-corrected chi connectivity index (χ4v) is 2.15. The molecule has 0 aliphatic heterocycles. The smallest absolute Gasteiger partial charge is 0.406 e. The van der Waals surface area contributed by atoms with E-state index in [-0.39, 0.29) is 11.5 Å². The van der Waals surface area contributed by atoms with Crippen LogP contribution in [0.15, 0.2) is 54.9 Å². The molecule has 1 amide bonds. The second-order valence-corrected chi connectivity index (χ2v) is 5.38. The molecule has 0 atom stereocenters. The minimum atomic E-state index is -4.81. The van der Waals surface area contributed by atoms with Crippen molar-refractivity contribution in [1.82, 2.24) is 14.8 Å². The van der Waals surface area contributed by atoms with Crippen molar-refractivity contribution >= 4 is 11.6 Å². The van der Waals surface area contributed by atoms with Gasteiger partial charge in [-0.2, -0.15) is 0 Å². The van der Waals surface area contributed by atoms with Crippen LogP contribution in [-0.4, -0.2) is 27.0 Å². The van der Waals surface area contributed by atoms with Crippen LogP contribution in [0.25, 0.3) is 5.69 Å². The average molecular weight is 362 g/mol. The monoisotopic (exact) mass is 362 g/mol. The molecule has 26 heavy (non-hydrogen) atoms. The van der Waals surface area contributed by atoms with E-state index in [2.05, 4.69) is 20.1 Å². The molecule has 1 N–H and O–H groups in total. The number of hydrogen-bond donors (Lipinski definition) is 1. The highest BCUT2D eigenvalue weighted by atomic mass is 19.4. The minimum Gasteiger partial charge on any atom is -0.406 e. The van der Waals surface area contributed by atoms with E-state index < -0.39 is 18.0 Å². The average Bonchev–Trinajstić information content (AvgIpc) is 3.04. The molecule has 3 rings (SSSR count). The van der Waals surface area contributed by atoms with Crippen molar-refractivity contribution in [2.45, 2.75) is 13.3 Å². The van der Waals surface area contributed by atoms with E-state index in [1.807, 2.05) is 31.2 Å². The van der Waals surface area contributed by atoms with Crippen molar-refractivity contribution < 1.29 is 22.7 Å². The summed E-state index contributed by atoms with van der Waals surface area (Å²) in [6, 6.07) is 12.4. The standard InChI is InChI=1S/C17H13F3N4O2/c1-11-5-7-13(8-6-11)24-10-21-15(23-24)16(25)22-12-3-2-4-14(9-12)26-17(18,19)20/h2-10H,1H3,(H,22,25). The Morgan fingerprint density at radius 2 is 1.88 bits per heavy atom. The molecule has 0 radical (unpaired) electrons. The molecule has 134 valence electrons. The van der Waals surface area contributed by atoms with E-state index in [4.69, 9.17) is 0 Å². The van der Waals surface area contributed by atoms with E-state index in [1.165, 1.54) is 23.1 Å². The lowest BCUT2D eigenvalue weighted by atomic mass is 10.2. The zero-order chi connectivity index (χ0) is 18.7. The number of nitrogens with zero attached hydrogens (tertiary/aromatic N) is 3. The quantitative estimate of drug-likeness (QED) is 0.768. The van der Waals surface area contributed by atoms with E-state index in [0.29, 0.717) is 0 Å². The van der Waals surface area contributed by atoms with Gasteiger partial charge >= 0.3 is 6.36 Å². The van der Waals surface area contributed by atoms with Gasteiger partial charge in [-0.1, -0.05) is 23.8 Å². The number of ether oxygens (including phenoxy) is 1. The van der Waals surface area contributed by atoms with Crippen LogP contribution in [0.5, 0.6) is 5.75 Å². The van der Waals surface area contributed by atoms with Crippen molar-refractivity contribution in [3.8, 4) is 11.4 Å². The Morgan fingerprint density at radius 3 is 2.58 bits per heavy atom. The predicted molar refractivity (Wildman–Crippen MR) is 87.2 cm³/mol. The molecule has 0 saturated carbocycles. The van der Waals surface area contributed by atoms with Gasteiger partial charge in [0, 0.05) is 11.8 Å². The van der Waals surface area contributed by atoms with E-state index in [0.717, 1.165) is 23.4 Å². The number of aromatic nitrogens is 3. The number of aryl methyl sites for hydroxylation is 1. The second-order valence-electron chi connectivity index (χ2n) is 5.38. The third kappa shape index (κ3) is 4.38. The molecule has 9 heteroatoms. The summed E-state index contributed by atoms with van der Waals surface area (Å²) < 4.78 is 42.0. The van der Waals surface area contributed by atoms with Gasteiger partial charge in [-0.3, -0.25) is 4.79 Å². The van der Waals surface area contributed by atoms with Gasteiger partial charge in [0.2, 0.25) is 5.82 Å². The van der Waals surface area contributed by atoms with Gasteiger partial charge in [0.25, 0.3) is 5.91 Å².